The fourth-order valence-corrected chi connectivity index (χ4v) is 3.39. The number of aliphatic hydroxyl groups excluding tert-OH is 1. The third-order valence-electron chi connectivity index (χ3n) is 3.73. The van der Waals surface area contributed by atoms with E-state index in [1.165, 1.54) is 11.1 Å². The van der Waals surface area contributed by atoms with E-state index in [1.807, 2.05) is 24.8 Å². The maximum atomic E-state index is 12.5. The van der Waals surface area contributed by atoms with Gasteiger partial charge in [0, 0.05) is 19.7 Å². The summed E-state index contributed by atoms with van der Waals surface area (Å²) in [5.74, 6) is 1.29. The number of thioether (sulfide) groups is 1. The van der Waals surface area contributed by atoms with Gasteiger partial charge in [0.25, 0.3) is 0 Å². The van der Waals surface area contributed by atoms with Gasteiger partial charge in [-0.1, -0.05) is 31.2 Å². The molecule has 0 unspecified atom stereocenters. The molecule has 1 N–H and O–H groups in total. The molecule has 0 bridgehead atoms. The van der Waals surface area contributed by atoms with E-state index in [1.54, 1.807) is 11.8 Å². The second-order valence-electron chi connectivity index (χ2n) is 5.54. The molecule has 0 saturated carbocycles. The number of hydrogen-bond acceptors (Lipinski definition) is 3. The molecule has 1 amide bonds. The van der Waals surface area contributed by atoms with Gasteiger partial charge in [-0.3, -0.25) is 4.79 Å². The molecule has 1 aromatic carbocycles. The molecule has 4 heteroatoms. The number of carbonyl (C=O) groups is 1. The first-order valence-electron chi connectivity index (χ1n) is 7.20. The van der Waals surface area contributed by atoms with Crippen LogP contribution in [0.1, 0.15) is 25.0 Å². The second kappa shape index (κ2) is 7.14. The Morgan fingerprint density at radius 3 is 2.75 bits per heavy atom. The lowest BCUT2D eigenvalue weighted by atomic mass is 10.00. The maximum Gasteiger partial charge on any atom is 0.235 e. The van der Waals surface area contributed by atoms with Gasteiger partial charge in [-0.15, -0.1) is 11.8 Å². The van der Waals surface area contributed by atoms with E-state index in [2.05, 4.69) is 18.2 Å². The van der Waals surface area contributed by atoms with E-state index >= 15 is 0 Å². The summed E-state index contributed by atoms with van der Waals surface area (Å²) in [5, 5.41) is 9.00. The lowest BCUT2D eigenvalue weighted by molar-refractivity contribution is -0.131. The summed E-state index contributed by atoms with van der Waals surface area (Å²) in [6, 6.07) is 8.36. The highest BCUT2D eigenvalue weighted by Crippen LogP contribution is 2.22. The summed E-state index contributed by atoms with van der Waals surface area (Å²) in [6.07, 6.45) is 0.951. The van der Waals surface area contributed by atoms with E-state index in [4.69, 9.17) is 5.11 Å². The van der Waals surface area contributed by atoms with Crippen molar-refractivity contribution in [2.24, 2.45) is 5.92 Å². The summed E-state index contributed by atoms with van der Waals surface area (Å²) in [6.45, 7) is 5.70. The lowest BCUT2D eigenvalue weighted by Gasteiger charge is -2.31. The molecule has 0 saturated heterocycles. The first-order valence-corrected chi connectivity index (χ1v) is 8.24. The van der Waals surface area contributed by atoms with Gasteiger partial charge in [-0.05, 0) is 36.1 Å². The van der Waals surface area contributed by atoms with Crippen molar-refractivity contribution in [3.05, 3.63) is 35.4 Å². The van der Waals surface area contributed by atoms with E-state index in [-0.39, 0.29) is 23.7 Å². The van der Waals surface area contributed by atoms with Gasteiger partial charge < -0.3 is 10.0 Å². The zero-order chi connectivity index (χ0) is 14.5. The summed E-state index contributed by atoms with van der Waals surface area (Å²) >= 11 is 1.64. The molecule has 1 aliphatic heterocycles. The average molecular weight is 293 g/mol. The summed E-state index contributed by atoms with van der Waals surface area (Å²) in [5.41, 5.74) is 2.64. The molecular formula is C16H23NO2S. The molecule has 1 aromatic rings. The fraction of sp³-hybridized carbons (Fsp3) is 0.562. The molecule has 20 heavy (non-hydrogen) atoms. The van der Waals surface area contributed by atoms with Crippen molar-refractivity contribution in [2.75, 3.05) is 18.9 Å². The standard InChI is InChI=1S/C16H23NO2S/c1-12(10-18)11-20-13(2)16(19)17-8-7-14-5-3-4-6-15(14)9-17/h3-6,12-13,18H,7-11H2,1-2H3/t12-,13+/m1/s1. The van der Waals surface area contributed by atoms with E-state index in [0.717, 1.165) is 25.3 Å². The molecule has 110 valence electrons. The first kappa shape index (κ1) is 15.4. The average Bonchev–Trinajstić information content (AvgIpc) is 2.50. The summed E-state index contributed by atoms with van der Waals surface area (Å²) in [7, 11) is 0. The largest absolute Gasteiger partial charge is 0.396 e. The van der Waals surface area contributed by atoms with Gasteiger partial charge in [0.05, 0.1) is 5.25 Å². The highest BCUT2D eigenvalue weighted by Gasteiger charge is 2.24. The quantitative estimate of drug-likeness (QED) is 0.906. The van der Waals surface area contributed by atoms with Crippen molar-refractivity contribution in [1.29, 1.82) is 0 Å². The molecule has 0 spiro atoms. The Labute approximate surface area is 125 Å². The minimum absolute atomic E-state index is 0.0331. The molecular weight excluding hydrogens is 270 g/mol. The molecule has 0 fully saturated rings. The highest BCUT2D eigenvalue weighted by molar-refractivity contribution is 8.00. The van der Waals surface area contributed by atoms with Crippen LogP contribution < -0.4 is 0 Å². The van der Waals surface area contributed by atoms with Crippen LogP contribution >= 0.6 is 11.8 Å². The lowest BCUT2D eigenvalue weighted by Crippen LogP contribution is -2.40. The summed E-state index contributed by atoms with van der Waals surface area (Å²) in [4.78, 5) is 14.4. The van der Waals surface area contributed by atoms with Crippen LogP contribution in [0.3, 0.4) is 0 Å². The summed E-state index contributed by atoms with van der Waals surface area (Å²) < 4.78 is 0. The number of aliphatic hydroxyl groups is 1. The Hall–Kier alpha value is -1.00. The molecule has 2 atom stereocenters. The third-order valence-corrected chi connectivity index (χ3v) is 5.20. The molecule has 3 nitrogen and oxygen atoms in total. The number of fused-ring (bicyclic) bond motifs is 1. The molecule has 2 rings (SSSR count). The molecule has 0 aliphatic carbocycles. The topological polar surface area (TPSA) is 40.5 Å². The minimum Gasteiger partial charge on any atom is -0.396 e. The number of nitrogens with zero attached hydrogens (tertiary/aromatic N) is 1. The monoisotopic (exact) mass is 293 g/mol. The zero-order valence-electron chi connectivity index (χ0n) is 12.2. The van der Waals surface area contributed by atoms with Crippen molar-refractivity contribution >= 4 is 17.7 Å². The predicted molar refractivity (Wildman–Crippen MR) is 83.7 cm³/mol. The third kappa shape index (κ3) is 3.76. The number of amides is 1. The molecule has 1 heterocycles. The van der Waals surface area contributed by atoms with Gasteiger partial charge in [0.2, 0.25) is 5.91 Å². The first-order chi connectivity index (χ1) is 9.61. The predicted octanol–water partition coefficient (Wildman–Crippen LogP) is 2.32. The number of carbonyl (C=O) groups excluding carboxylic acids is 1. The van der Waals surface area contributed by atoms with E-state index < -0.39 is 0 Å². The normalized spacial score (nSPS) is 17.4. The van der Waals surface area contributed by atoms with E-state index in [9.17, 15) is 4.79 Å². The van der Waals surface area contributed by atoms with Crippen molar-refractivity contribution < 1.29 is 9.90 Å². The van der Waals surface area contributed by atoms with Crippen molar-refractivity contribution in [3.63, 3.8) is 0 Å². The van der Waals surface area contributed by atoms with Crippen LogP contribution in [0.4, 0.5) is 0 Å². The fourth-order valence-electron chi connectivity index (χ4n) is 2.37. The zero-order valence-corrected chi connectivity index (χ0v) is 13.0. The van der Waals surface area contributed by atoms with Gasteiger partial charge in [-0.25, -0.2) is 0 Å². The van der Waals surface area contributed by atoms with Crippen molar-refractivity contribution in [1.82, 2.24) is 4.90 Å². The molecule has 1 aliphatic rings. The Morgan fingerprint density at radius 2 is 2.05 bits per heavy atom. The number of hydrogen-bond donors (Lipinski definition) is 1. The second-order valence-corrected chi connectivity index (χ2v) is 6.92. The minimum atomic E-state index is -0.0331. The van der Waals surface area contributed by atoms with Crippen molar-refractivity contribution in [2.45, 2.75) is 32.1 Å². The Morgan fingerprint density at radius 1 is 1.35 bits per heavy atom. The Balaban J connectivity index is 1.91. The van der Waals surface area contributed by atoms with Crippen molar-refractivity contribution in [3.8, 4) is 0 Å². The van der Waals surface area contributed by atoms with Crippen LogP contribution in [-0.4, -0.2) is 40.1 Å². The van der Waals surface area contributed by atoms with Gasteiger partial charge in [-0.2, -0.15) is 0 Å². The van der Waals surface area contributed by atoms with E-state index in [0.29, 0.717) is 0 Å². The van der Waals surface area contributed by atoms with Crippen LogP contribution in [0.25, 0.3) is 0 Å². The highest BCUT2D eigenvalue weighted by atomic mass is 32.2. The van der Waals surface area contributed by atoms with Crippen LogP contribution in [0.2, 0.25) is 0 Å². The van der Waals surface area contributed by atoms with Gasteiger partial charge in [0.1, 0.15) is 0 Å². The maximum absolute atomic E-state index is 12.5. The molecule has 0 aromatic heterocycles. The van der Waals surface area contributed by atoms with Crippen LogP contribution in [0, 0.1) is 5.92 Å². The SMILES string of the molecule is C[C@H](CO)CS[C@@H](C)C(=O)N1CCc2ccccc2C1. The van der Waals surface area contributed by atoms with Crippen LogP contribution in [-0.2, 0) is 17.8 Å². The molecule has 0 radical (unpaired) electrons. The Kier molecular flexibility index (Phi) is 5.49. The smallest absolute Gasteiger partial charge is 0.235 e. The van der Waals surface area contributed by atoms with Gasteiger partial charge >= 0.3 is 0 Å². The Bertz CT molecular complexity index is 464. The van der Waals surface area contributed by atoms with Gasteiger partial charge in [0.15, 0.2) is 0 Å². The van der Waals surface area contributed by atoms with Crippen LogP contribution in [0.5, 0.6) is 0 Å². The number of rotatable bonds is 5. The van der Waals surface area contributed by atoms with Crippen LogP contribution in [0.15, 0.2) is 24.3 Å². The number of benzene rings is 1.